The van der Waals surface area contributed by atoms with Gasteiger partial charge in [0.25, 0.3) is 0 Å². The van der Waals surface area contributed by atoms with Crippen LogP contribution >= 0.6 is 0 Å². The zero-order valence-corrected chi connectivity index (χ0v) is 19.0. The SMILES string of the molecule is COC(=O)Oc1ccc2[nH]c(CC(O)(CC(C)(C)c3cc(F)ccc3OC)C(F)(F)F)cc2c1. The maximum atomic E-state index is 14.2. The van der Waals surface area contributed by atoms with Gasteiger partial charge in [-0.25, -0.2) is 9.18 Å². The number of hydrogen-bond donors (Lipinski definition) is 2. The molecule has 0 fully saturated rings. The Bertz CT molecular complexity index is 1190. The Kier molecular flexibility index (Phi) is 6.84. The number of carbonyl (C=O) groups is 1. The van der Waals surface area contributed by atoms with Crippen molar-refractivity contribution >= 4 is 17.1 Å². The van der Waals surface area contributed by atoms with Crippen LogP contribution in [0.15, 0.2) is 42.5 Å². The average molecular weight is 483 g/mol. The van der Waals surface area contributed by atoms with Gasteiger partial charge in [-0.05, 0) is 54.3 Å². The van der Waals surface area contributed by atoms with Gasteiger partial charge in [-0.1, -0.05) is 13.8 Å². The van der Waals surface area contributed by atoms with Crippen LogP contribution in [0.4, 0.5) is 22.4 Å². The number of ether oxygens (including phenoxy) is 3. The fraction of sp³-hybridized carbons (Fsp3) is 0.375. The predicted octanol–water partition coefficient (Wildman–Crippen LogP) is 5.66. The highest BCUT2D eigenvalue weighted by Crippen LogP contribution is 2.45. The van der Waals surface area contributed by atoms with Crippen LogP contribution in [0.1, 0.15) is 31.5 Å². The maximum absolute atomic E-state index is 14.2. The van der Waals surface area contributed by atoms with Crippen LogP contribution in [-0.2, 0) is 16.6 Å². The molecule has 1 unspecified atom stereocenters. The van der Waals surface area contributed by atoms with Crippen LogP contribution in [0, 0.1) is 5.82 Å². The summed E-state index contributed by atoms with van der Waals surface area (Å²) in [5, 5.41) is 11.4. The molecule has 0 aliphatic carbocycles. The lowest BCUT2D eigenvalue weighted by Gasteiger charge is -2.38. The van der Waals surface area contributed by atoms with E-state index in [0.29, 0.717) is 10.9 Å². The Morgan fingerprint density at radius 1 is 1.06 bits per heavy atom. The summed E-state index contributed by atoms with van der Waals surface area (Å²) in [4.78, 5) is 14.2. The number of benzene rings is 2. The van der Waals surface area contributed by atoms with Crippen molar-refractivity contribution in [3.05, 3.63) is 59.5 Å². The summed E-state index contributed by atoms with van der Waals surface area (Å²) >= 11 is 0. The lowest BCUT2D eigenvalue weighted by molar-refractivity contribution is -0.266. The van der Waals surface area contributed by atoms with Crippen LogP contribution in [0.25, 0.3) is 10.9 Å². The van der Waals surface area contributed by atoms with Crippen molar-refractivity contribution in [3.8, 4) is 11.5 Å². The first-order chi connectivity index (χ1) is 15.8. The van der Waals surface area contributed by atoms with E-state index >= 15 is 0 Å². The molecule has 2 N–H and O–H groups in total. The number of nitrogens with one attached hydrogen (secondary N) is 1. The van der Waals surface area contributed by atoms with Gasteiger partial charge in [-0.3, -0.25) is 0 Å². The number of aliphatic hydroxyl groups is 1. The van der Waals surface area contributed by atoms with E-state index in [4.69, 9.17) is 9.47 Å². The van der Waals surface area contributed by atoms with Gasteiger partial charge in [0.15, 0.2) is 5.60 Å². The highest BCUT2D eigenvalue weighted by atomic mass is 19.4. The third-order valence-electron chi connectivity index (χ3n) is 5.65. The minimum Gasteiger partial charge on any atom is -0.496 e. The molecule has 0 saturated carbocycles. The smallest absolute Gasteiger partial charge is 0.496 e. The van der Waals surface area contributed by atoms with E-state index < -0.39 is 42.0 Å². The van der Waals surface area contributed by atoms with E-state index in [0.717, 1.165) is 19.2 Å². The molecule has 0 amide bonds. The van der Waals surface area contributed by atoms with Crippen LogP contribution in [0.2, 0.25) is 0 Å². The molecule has 0 aliphatic heterocycles. The third-order valence-corrected chi connectivity index (χ3v) is 5.65. The molecule has 0 spiro atoms. The van der Waals surface area contributed by atoms with Crippen molar-refractivity contribution in [2.75, 3.05) is 14.2 Å². The molecule has 3 rings (SSSR count). The molecule has 0 bridgehead atoms. The molecule has 184 valence electrons. The number of aromatic nitrogens is 1. The Morgan fingerprint density at radius 2 is 1.76 bits per heavy atom. The molecule has 34 heavy (non-hydrogen) atoms. The van der Waals surface area contributed by atoms with Gasteiger partial charge in [-0.15, -0.1) is 0 Å². The maximum Gasteiger partial charge on any atom is 0.513 e. The first-order valence-corrected chi connectivity index (χ1v) is 10.3. The Morgan fingerprint density at radius 3 is 2.38 bits per heavy atom. The molecule has 3 aromatic rings. The van der Waals surface area contributed by atoms with Gasteiger partial charge in [-0.2, -0.15) is 13.2 Å². The minimum atomic E-state index is -4.98. The van der Waals surface area contributed by atoms with Crippen LogP contribution < -0.4 is 9.47 Å². The quantitative estimate of drug-likeness (QED) is 0.257. The molecule has 10 heteroatoms. The molecule has 1 heterocycles. The number of rotatable bonds is 7. The van der Waals surface area contributed by atoms with Gasteiger partial charge >= 0.3 is 12.3 Å². The molecule has 0 aliphatic rings. The lowest BCUT2D eigenvalue weighted by Crippen LogP contribution is -2.51. The first-order valence-electron chi connectivity index (χ1n) is 10.3. The van der Waals surface area contributed by atoms with Crippen LogP contribution in [0.5, 0.6) is 11.5 Å². The van der Waals surface area contributed by atoms with E-state index in [1.807, 2.05) is 0 Å². The molecule has 2 aromatic carbocycles. The normalized spacial score (nSPS) is 14.0. The number of methoxy groups -OCH3 is 2. The van der Waals surface area contributed by atoms with Crippen molar-refractivity contribution in [2.24, 2.45) is 0 Å². The molecular formula is C24H25F4NO5. The number of halogens is 4. The summed E-state index contributed by atoms with van der Waals surface area (Å²) in [6, 6.07) is 9.48. The topological polar surface area (TPSA) is 80.8 Å². The van der Waals surface area contributed by atoms with E-state index in [2.05, 4.69) is 9.72 Å². The largest absolute Gasteiger partial charge is 0.513 e. The summed E-state index contributed by atoms with van der Waals surface area (Å²) in [5.74, 6) is -0.255. The Labute approximate surface area is 193 Å². The number of aromatic amines is 1. The number of carbonyl (C=O) groups excluding carboxylic acids is 1. The minimum absolute atomic E-state index is 0.118. The molecule has 0 saturated heterocycles. The standard InChI is InChI=1S/C24H25F4NO5/c1-22(2,18-11-15(25)5-8-20(18)32-3)13-23(31,24(26,27)28)12-16-9-14-10-17(34-21(30)33-4)6-7-19(14)29-16/h5-11,29,31H,12-13H2,1-4H3. The molecule has 0 radical (unpaired) electrons. The molecule has 1 atom stereocenters. The second-order valence-electron chi connectivity index (χ2n) is 8.71. The van der Waals surface area contributed by atoms with E-state index in [1.54, 1.807) is 0 Å². The molecular weight excluding hydrogens is 458 g/mol. The van der Waals surface area contributed by atoms with Gasteiger partial charge in [0.2, 0.25) is 0 Å². The zero-order chi connectivity index (χ0) is 25.3. The number of H-pyrrole nitrogens is 1. The Hall–Kier alpha value is -3.27. The second kappa shape index (κ2) is 9.17. The number of alkyl halides is 3. The Balaban J connectivity index is 1.95. The fourth-order valence-electron chi connectivity index (χ4n) is 4.08. The summed E-state index contributed by atoms with van der Waals surface area (Å²) in [5.41, 5.74) is -3.63. The highest BCUT2D eigenvalue weighted by molar-refractivity contribution is 5.82. The summed E-state index contributed by atoms with van der Waals surface area (Å²) < 4.78 is 70.9. The predicted molar refractivity (Wildman–Crippen MR) is 117 cm³/mol. The van der Waals surface area contributed by atoms with Crippen molar-refractivity contribution in [1.29, 1.82) is 0 Å². The average Bonchev–Trinajstić information content (AvgIpc) is 3.13. The zero-order valence-electron chi connectivity index (χ0n) is 19.0. The summed E-state index contributed by atoms with van der Waals surface area (Å²) in [6.07, 6.45) is -7.45. The highest BCUT2D eigenvalue weighted by Gasteiger charge is 2.56. The van der Waals surface area contributed by atoms with E-state index in [9.17, 15) is 27.5 Å². The third kappa shape index (κ3) is 5.27. The summed E-state index contributed by atoms with van der Waals surface area (Å²) in [6.45, 7) is 2.98. The number of hydrogen-bond acceptors (Lipinski definition) is 5. The first kappa shape index (κ1) is 25.4. The van der Waals surface area contributed by atoms with E-state index in [1.165, 1.54) is 51.3 Å². The van der Waals surface area contributed by atoms with Crippen LogP contribution in [0.3, 0.4) is 0 Å². The van der Waals surface area contributed by atoms with Gasteiger partial charge in [0.1, 0.15) is 17.3 Å². The van der Waals surface area contributed by atoms with Crippen molar-refractivity contribution in [2.45, 2.75) is 43.9 Å². The van der Waals surface area contributed by atoms with Crippen molar-refractivity contribution < 1.29 is 41.7 Å². The fourth-order valence-corrected chi connectivity index (χ4v) is 4.08. The monoisotopic (exact) mass is 483 g/mol. The molecule has 6 nitrogen and oxygen atoms in total. The van der Waals surface area contributed by atoms with Crippen LogP contribution in [-0.4, -0.2) is 42.2 Å². The van der Waals surface area contributed by atoms with Gasteiger partial charge in [0.05, 0.1) is 14.2 Å². The number of fused-ring (bicyclic) bond motifs is 1. The van der Waals surface area contributed by atoms with Crippen molar-refractivity contribution in [3.63, 3.8) is 0 Å². The van der Waals surface area contributed by atoms with Gasteiger partial charge in [0, 0.05) is 28.6 Å². The van der Waals surface area contributed by atoms with Gasteiger partial charge < -0.3 is 24.3 Å². The molecule has 1 aromatic heterocycles. The lowest BCUT2D eigenvalue weighted by atomic mass is 9.73. The van der Waals surface area contributed by atoms with E-state index in [-0.39, 0.29) is 22.8 Å². The second-order valence-corrected chi connectivity index (χ2v) is 8.71. The summed E-state index contributed by atoms with van der Waals surface area (Å²) in [7, 11) is 2.49. The van der Waals surface area contributed by atoms with Crippen molar-refractivity contribution in [1.82, 2.24) is 4.98 Å².